The lowest BCUT2D eigenvalue weighted by Crippen LogP contribution is -2.29. The maximum atomic E-state index is 13.6. The number of hydrogen-bond acceptors (Lipinski definition) is 2. The van der Waals surface area contributed by atoms with E-state index in [9.17, 15) is 12.8 Å². The fourth-order valence-corrected chi connectivity index (χ4v) is 4.05. The smallest absolute Gasteiger partial charge is 0.207 e. The Balaban J connectivity index is 2.21. The summed E-state index contributed by atoms with van der Waals surface area (Å²) in [5, 5.41) is 0. The van der Waals surface area contributed by atoms with E-state index in [1.807, 2.05) is 0 Å². The monoisotopic (exact) mass is 271 g/mol. The van der Waals surface area contributed by atoms with Crippen molar-refractivity contribution in [1.29, 1.82) is 0 Å². The van der Waals surface area contributed by atoms with Crippen LogP contribution in [-0.2, 0) is 10.0 Å². The van der Waals surface area contributed by atoms with E-state index in [2.05, 4.69) is 6.92 Å². The van der Waals surface area contributed by atoms with Crippen LogP contribution in [0.2, 0.25) is 0 Å². The standard InChI is InChI=1S/C13H18FNO2S/c1-2-5-11-8-9-15(10-11)18(16,17)13-7-4-3-6-12(13)14/h3-4,6-7,11H,2,5,8-10H2,1H3. The summed E-state index contributed by atoms with van der Waals surface area (Å²) in [7, 11) is -3.66. The first-order valence-corrected chi connectivity index (χ1v) is 7.74. The van der Waals surface area contributed by atoms with Crippen LogP contribution in [0.25, 0.3) is 0 Å². The molecule has 0 amide bonds. The van der Waals surface area contributed by atoms with E-state index in [1.165, 1.54) is 22.5 Å². The normalized spacial score (nSPS) is 21.3. The Morgan fingerprint density at radius 2 is 2.11 bits per heavy atom. The first-order chi connectivity index (χ1) is 8.55. The molecule has 2 rings (SSSR count). The van der Waals surface area contributed by atoms with Gasteiger partial charge in [0, 0.05) is 13.1 Å². The maximum absolute atomic E-state index is 13.6. The highest BCUT2D eigenvalue weighted by Gasteiger charge is 2.33. The van der Waals surface area contributed by atoms with Gasteiger partial charge in [-0.25, -0.2) is 12.8 Å². The summed E-state index contributed by atoms with van der Waals surface area (Å²) < 4.78 is 39.6. The SMILES string of the molecule is CCCC1CCN(S(=O)(=O)c2ccccc2F)C1. The molecule has 100 valence electrons. The number of halogens is 1. The second-order valence-electron chi connectivity index (χ2n) is 4.74. The van der Waals surface area contributed by atoms with Gasteiger partial charge < -0.3 is 0 Å². The van der Waals surface area contributed by atoms with Crippen LogP contribution in [0.3, 0.4) is 0 Å². The molecule has 1 aliphatic heterocycles. The molecule has 1 aromatic carbocycles. The van der Waals surface area contributed by atoms with Crippen molar-refractivity contribution in [1.82, 2.24) is 4.31 Å². The van der Waals surface area contributed by atoms with Gasteiger partial charge in [0.1, 0.15) is 10.7 Å². The minimum absolute atomic E-state index is 0.206. The molecule has 5 heteroatoms. The molecule has 0 bridgehead atoms. The fourth-order valence-electron chi connectivity index (χ4n) is 2.45. The third-order valence-corrected chi connectivity index (χ3v) is 5.30. The van der Waals surface area contributed by atoms with Crippen molar-refractivity contribution in [2.45, 2.75) is 31.1 Å². The van der Waals surface area contributed by atoms with Crippen molar-refractivity contribution in [3.63, 3.8) is 0 Å². The molecule has 0 saturated carbocycles. The van der Waals surface area contributed by atoms with Crippen molar-refractivity contribution in [3.05, 3.63) is 30.1 Å². The number of sulfonamides is 1. The lowest BCUT2D eigenvalue weighted by atomic mass is 10.0. The number of benzene rings is 1. The van der Waals surface area contributed by atoms with Gasteiger partial charge in [-0.1, -0.05) is 25.5 Å². The van der Waals surface area contributed by atoms with Crippen LogP contribution in [0.4, 0.5) is 4.39 Å². The lowest BCUT2D eigenvalue weighted by Gasteiger charge is -2.16. The molecule has 0 N–H and O–H groups in total. The minimum atomic E-state index is -3.66. The molecule has 0 aliphatic carbocycles. The van der Waals surface area contributed by atoms with Crippen LogP contribution in [0.1, 0.15) is 26.2 Å². The summed E-state index contributed by atoms with van der Waals surface area (Å²) >= 11 is 0. The highest BCUT2D eigenvalue weighted by molar-refractivity contribution is 7.89. The molecule has 0 spiro atoms. The minimum Gasteiger partial charge on any atom is -0.207 e. The highest BCUT2D eigenvalue weighted by Crippen LogP contribution is 2.27. The molecule has 18 heavy (non-hydrogen) atoms. The Morgan fingerprint density at radius 3 is 2.78 bits per heavy atom. The van der Waals surface area contributed by atoms with E-state index in [1.54, 1.807) is 6.07 Å². The summed E-state index contributed by atoms with van der Waals surface area (Å²) in [6.07, 6.45) is 2.96. The van der Waals surface area contributed by atoms with Crippen LogP contribution in [0.5, 0.6) is 0 Å². The van der Waals surface area contributed by atoms with Crippen molar-refractivity contribution < 1.29 is 12.8 Å². The molecule has 1 heterocycles. The van der Waals surface area contributed by atoms with Crippen molar-refractivity contribution in [2.75, 3.05) is 13.1 Å². The van der Waals surface area contributed by atoms with Gasteiger partial charge in [-0.3, -0.25) is 0 Å². The highest BCUT2D eigenvalue weighted by atomic mass is 32.2. The molecular formula is C13H18FNO2S. The van der Waals surface area contributed by atoms with Gasteiger partial charge in [0.25, 0.3) is 0 Å². The Hall–Kier alpha value is -0.940. The number of rotatable bonds is 4. The van der Waals surface area contributed by atoms with E-state index in [0.717, 1.165) is 19.3 Å². The Kier molecular flexibility index (Phi) is 4.02. The molecular weight excluding hydrogens is 253 g/mol. The van der Waals surface area contributed by atoms with Gasteiger partial charge in [0.15, 0.2) is 0 Å². The topological polar surface area (TPSA) is 37.4 Å². The fraction of sp³-hybridized carbons (Fsp3) is 0.538. The predicted molar refractivity (Wildman–Crippen MR) is 68.2 cm³/mol. The van der Waals surface area contributed by atoms with Crippen LogP contribution in [-0.4, -0.2) is 25.8 Å². The average Bonchev–Trinajstić information content (AvgIpc) is 2.79. The lowest BCUT2D eigenvalue weighted by molar-refractivity contribution is 0.440. The van der Waals surface area contributed by atoms with E-state index in [-0.39, 0.29) is 4.90 Å². The summed E-state index contributed by atoms with van der Waals surface area (Å²) in [6, 6.07) is 5.57. The van der Waals surface area contributed by atoms with Crippen LogP contribution < -0.4 is 0 Å². The largest absolute Gasteiger partial charge is 0.245 e. The molecule has 0 radical (unpaired) electrons. The molecule has 3 nitrogen and oxygen atoms in total. The zero-order valence-corrected chi connectivity index (χ0v) is 11.3. The average molecular weight is 271 g/mol. The van der Waals surface area contributed by atoms with Gasteiger partial charge in [-0.15, -0.1) is 0 Å². The first kappa shape index (κ1) is 13.5. The second kappa shape index (κ2) is 5.36. The quantitative estimate of drug-likeness (QED) is 0.844. The zero-order chi connectivity index (χ0) is 13.2. The van der Waals surface area contributed by atoms with E-state index >= 15 is 0 Å². The van der Waals surface area contributed by atoms with Crippen molar-refractivity contribution in [2.24, 2.45) is 5.92 Å². The predicted octanol–water partition coefficient (Wildman–Crippen LogP) is 2.64. The van der Waals surface area contributed by atoms with E-state index < -0.39 is 15.8 Å². The first-order valence-electron chi connectivity index (χ1n) is 6.30. The number of hydrogen-bond donors (Lipinski definition) is 0. The summed E-state index contributed by atoms with van der Waals surface area (Å²) in [5.41, 5.74) is 0. The van der Waals surface area contributed by atoms with E-state index in [4.69, 9.17) is 0 Å². The molecule has 1 aromatic rings. The third kappa shape index (κ3) is 2.57. The van der Waals surface area contributed by atoms with Crippen LogP contribution in [0, 0.1) is 11.7 Å². The molecule has 1 saturated heterocycles. The third-order valence-electron chi connectivity index (χ3n) is 3.40. The van der Waals surface area contributed by atoms with E-state index in [0.29, 0.717) is 19.0 Å². The Bertz CT molecular complexity index is 515. The van der Waals surface area contributed by atoms with Crippen molar-refractivity contribution in [3.8, 4) is 0 Å². The number of nitrogens with zero attached hydrogens (tertiary/aromatic N) is 1. The van der Waals surface area contributed by atoms with Gasteiger partial charge >= 0.3 is 0 Å². The molecule has 1 aliphatic rings. The van der Waals surface area contributed by atoms with Gasteiger partial charge in [0.2, 0.25) is 10.0 Å². The summed E-state index contributed by atoms with van der Waals surface area (Å²) in [5.74, 6) is -0.256. The van der Waals surface area contributed by atoms with Gasteiger partial charge in [-0.2, -0.15) is 4.31 Å². The zero-order valence-electron chi connectivity index (χ0n) is 10.5. The Morgan fingerprint density at radius 1 is 1.39 bits per heavy atom. The van der Waals surface area contributed by atoms with Gasteiger partial charge in [0.05, 0.1) is 0 Å². The summed E-state index contributed by atoms with van der Waals surface area (Å²) in [4.78, 5) is -0.206. The Labute approximate surface area is 108 Å². The molecule has 1 atom stereocenters. The van der Waals surface area contributed by atoms with Crippen LogP contribution >= 0.6 is 0 Å². The van der Waals surface area contributed by atoms with Crippen LogP contribution in [0.15, 0.2) is 29.2 Å². The van der Waals surface area contributed by atoms with Gasteiger partial charge in [-0.05, 0) is 30.9 Å². The molecule has 0 aromatic heterocycles. The maximum Gasteiger partial charge on any atom is 0.245 e. The second-order valence-corrected chi connectivity index (χ2v) is 6.64. The summed E-state index contributed by atoms with van der Waals surface area (Å²) in [6.45, 7) is 3.11. The molecule has 1 unspecified atom stereocenters. The molecule has 1 fully saturated rings. The van der Waals surface area contributed by atoms with Crippen molar-refractivity contribution >= 4 is 10.0 Å².